The monoisotopic (exact) mass is 399 g/mol. The predicted molar refractivity (Wildman–Crippen MR) is 119 cm³/mol. The molecule has 5 rings (SSSR count). The molecule has 1 unspecified atom stereocenters. The Balaban J connectivity index is 1.39. The first-order valence-electron chi connectivity index (χ1n) is 9.98. The van der Waals surface area contributed by atoms with Gasteiger partial charge in [-0.3, -0.25) is 4.79 Å². The molecule has 0 saturated carbocycles. The molecule has 4 nitrogen and oxygen atoms in total. The number of likely N-dealkylation sites (tertiary alicyclic amines) is 1. The van der Waals surface area contributed by atoms with E-state index in [-0.39, 0.29) is 11.9 Å². The van der Waals surface area contributed by atoms with Crippen molar-refractivity contribution < 1.29 is 4.79 Å². The lowest BCUT2D eigenvalue weighted by Crippen LogP contribution is -2.37. The van der Waals surface area contributed by atoms with Gasteiger partial charge in [0.25, 0.3) is 0 Å². The largest absolute Gasteiger partial charge is 0.330 e. The van der Waals surface area contributed by atoms with Crippen LogP contribution in [0.2, 0.25) is 0 Å². The fourth-order valence-electron chi connectivity index (χ4n) is 3.91. The summed E-state index contributed by atoms with van der Waals surface area (Å²) in [6, 6.07) is 20.2. The number of benzene rings is 2. The molecule has 2 aromatic carbocycles. The molecule has 0 radical (unpaired) electrons. The van der Waals surface area contributed by atoms with E-state index in [1.807, 2.05) is 65.6 Å². The van der Waals surface area contributed by atoms with Crippen LogP contribution in [0, 0.1) is 0 Å². The van der Waals surface area contributed by atoms with Crippen LogP contribution in [-0.4, -0.2) is 27.3 Å². The lowest BCUT2D eigenvalue weighted by molar-refractivity contribution is -0.129. The zero-order valence-electron chi connectivity index (χ0n) is 16.0. The van der Waals surface area contributed by atoms with E-state index >= 15 is 0 Å². The quantitative estimate of drug-likeness (QED) is 0.421. The summed E-state index contributed by atoms with van der Waals surface area (Å²) in [5, 5.41) is 2.14. The highest BCUT2D eigenvalue weighted by molar-refractivity contribution is 7.18. The summed E-state index contributed by atoms with van der Waals surface area (Å²) in [6.45, 7) is 0.773. The number of fused-ring (bicyclic) bond motifs is 2. The first-order chi connectivity index (χ1) is 14.3. The molecular formula is C24H21N3OS. The van der Waals surface area contributed by atoms with E-state index in [1.165, 1.54) is 4.70 Å². The number of pyridine rings is 1. The van der Waals surface area contributed by atoms with Crippen molar-refractivity contribution in [2.24, 2.45) is 0 Å². The van der Waals surface area contributed by atoms with Crippen LogP contribution in [0.1, 0.15) is 36.0 Å². The maximum atomic E-state index is 13.0. The number of hydrogen-bond donors (Lipinski definition) is 0. The van der Waals surface area contributed by atoms with Crippen molar-refractivity contribution in [2.45, 2.75) is 25.3 Å². The van der Waals surface area contributed by atoms with E-state index in [1.54, 1.807) is 17.4 Å². The highest BCUT2D eigenvalue weighted by Gasteiger charge is 2.29. The van der Waals surface area contributed by atoms with Crippen LogP contribution in [-0.2, 0) is 4.79 Å². The smallest absolute Gasteiger partial charge is 0.247 e. The Morgan fingerprint density at radius 3 is 2.69 bits per heavy atom. The Labute approximate surface area is 173 Å². The first-order valence-corrected chi connectivity index (χ1v) is 10.8. The van der Waals surface area contributed by atoms with Gasteiger partial charge < -0.3 is 4.90 Å². The fraction of sp³-hybridized carbons (Fsp3) is 0.208. The lowest BCUT2D eigenvalue weighted by Gasteiger charge is -2.33. The summed E-state index contributed by atoms with van der Waals surface area (Å²) in [4.78, 5) is 24.4. The van der Waals surface area contributed by atoms with Crippen LogP contribution in [0.15, 0.2) is 66.7 Å². The first kappa shape index (κ1) is 18.0. The van der Waals surface area contributed by atoms with Crippen LogP contribution in [0.4, 0.5) is 0 Å². The summed E-state index contributed by atoms with van der Waals surface area (Å²) < 4.78 is 1.18. The number of aromatic nitrogens is 2. The van der Waals surface area contributed by atoms with Crippen LogP contribution in [0.25, 0.3) is 27.2 Å². The topological polar surface area (TPSA) is 46.1 Å². The van der Waals surface area contributed by atoms with Gasteiger partial charge in [0.2, 0.25) is 5.91 Å². The van der Waals surface area contributed by atoms with E-state index in [9.17, 15) is 4.79 Å². The van der Waals surface area contributed by atoms with Crippen molar-refractivity contribution in [1.82, 2.24) is 14.9 Å². The Hall–Kier alpha value is -3.05. The van der Waals surface area contributed by atoms with Crippen LogP contribution < -0.4 is 0 Å². The molecule has 3 heterocycles. The van der Waals surface area contributed by atoms with E-state index in [4.69, 9.17) is 4.98 Å². The van der Waals surface area contributed by atoms with Gasteiger partial charge in [0.1, 0.15) is 5.01 Å². The molecule has 1 fully saturated rings. The number of piperidine rings is 1. The van der Waals surface area contributed by atoms with Crippen molar-refractivity contribution in [1.29, 1.82) is 0 Å². The Kier molecular flexibility index (Phi) is 4.82. The van der Waals surface area contributed by atoms with Gasteiger partial charge in [0.15, 0.2) is 0 Å². The third-order valence-electron chi connectivity index (χ3n) is 5.40. The van der Waals surface area contributed by atoms with Crippen molar-refractivity contribution in [3.05, 3.63) is 77.4 Å². The summed E-state index contributed by atoms with van der Waals surface area (Å²) in [5.41, 5.74) is 2.75. The molecule has 0 aliphatic carbocycles. The second-order valence-corrected chi connectivity index (χ2v) is 8.39. The molecule has 144 valence electrons. The van der Waals surface area contributed by atoms with Gasteiger partial charge in [-0.25, -0.2) is 9.97 Å². The highest BCUT2D eigenvalue weighted by atomic mass is 32.1. The second kappa shape index (κ2) is 7.76. The molecule has 29 heavy (non-hydrogen) atoms. The summed E-state index contributed by atoms with van der Waals surface area (Å²) in [7, 11) is 0. The summed E-state index contributed by atoms with van der Waals surface area (Å²) in [6.07, 6.45) is 6.60. The molecule has 1 saturated heterocycles. The van der Waals surface area contributed by atoms with E-state index in [2.05, 4.69) is 11.1 Å². The van der Waals surface area contributed by atoms with Gasteiger partial charge in [-0.2, -0.15) is 0 Å². The Morgan fingerprint density at radius 2 is 1.79 bits per heavy atom. The van der Waals surface area contributed by atoms with Crippen molar-refractivity contribution >= 4 is 44.4 Å². The number of carbonyl (C=O) groups excluding carboxylic acids is 1. The van der Waals surface area contributed by atoms with Crippen molar-refractivity contribution in [2.75, 3.05) is 6.54 Å². The number of para-hydroxylation sites is 2. The Bertz CT molecular complexity index is 1180. The van der Waals surface area contributed by atoms with E-state index < -0.39 is 0 Å². The number of rotatable bonds is 3. The molecule has 0 spiro atoms. The van der Waals surface area contributed by atoms with Gasteiger partial charge >= 0.3 is 0 Å². The summed E-state index contributed by atoms with van der Waals surface area (Å²) in [5.74, 6) is 0.0314. The maximum absolute atomic E-state index is 13.0. The number of carbonyl (C=O) groups is 1. The molecule has 0 N–H and O–H groups in total. The minimum atomic E-state index is 0.0314. The standard InChI is InChI=1S/C24H21N3OS/c28-23(15-14-18-13-12-17-7-1-2-8-19(17)25-18)27-16-6-5-10-21(27)24-26-20-9-3-4-11-22(20)29-24/h1-4,7-9,11-15,21H,5-6,10,16H2. The Morgan fingerprint density at radius 1 is 0.966 bits per heavy atom. The maximum Gasteiger partial charge on any atom is 0.247 e. The predicted octanol–water partition coefficient (Wildman–Crippen LogP) is 5.61. The minimum Gasteiger partial charge on any atom is -0.330 e. The zero-order chi connectivity index (χ0) is 19.6. The third kappa shape index (κ3) is 3.66. The van der Waals surface area contributed by atoms with Gasteiger partial charge in [0.05, 0.1) is 27.5 Å². The fourth-order valence-corrected chi connectivity index (χ4v) is 5.03. The molecule has 1 amide bonds. The molecule has 5 heteroatoms. The SMILES string of the molecule is O=C(C=Cc1ccc2ccccc2n1)N1CCCCC1c1nc2ccccc2s1. The third-order valence-corrected chi connectivity index (χ3v) is 6.54. The normalized spacial score (nSPS) is 17.4. The number of amides is 1. The second-order valence-electron chi connectivity index (χ2n) is 7.33. The van der Waals surface area contributed by atoms with Crippen LogP contribution in [0.3, 0.4) is 0 Å². The molecular weight excluding hydrogens is 378 g/mol. The highest BCUT2D eigenvalue weighted by Crippen LogP contribution is 2.35. The average molecular weight is 400 g/mol. The van der Waals surface area contributed by atoms with E-state index in [0.29, 0.717) is 0 Å². The molecule has 1 aliphatic rings. The van der Waals surface area contributed by atoms with Gasteiger partial charge in [-0.15, -0.1) is 11.3 Å². The number of hydrogen-bond acceptors (Lipinski definition) is 4. The summed E-state index contributed by atoms with van der Waals surface area (Å²) >= 11 is 1.70. The van der Waals surface area contributed by atoms with Crippen LogP contribution in [0.5, 0.6) is 0 Å². The van der Waals surface area contributed by atoms with Crippen LogP contribution >= 0.6 is 11.3 Å². The molecule has 1 aliphatic heterocycles. The number of thiazole rings is 1. The molecule has 1 atom stereocenters. The zero-order valence-corrected chi connectivity index (χ0v) is 16.8. The van der Waals surface area contributed by atoms with Crippen molar-refractivity contribution in [3.8, 4) is 0 Å². The number of nitrogens with zero attached hydrogens (tertiary/aromatic N) is 3. The van der Waals surface area contributed by atoms with Gasteiger partial charge in [-0.05, 0) is 49.6 Å². The van der Waals surface area contributed by atoms with E-state index in [0.717, 1.165) is 52.9 Å². The molecule has 4 aromatic rings. The molecule has 0 bridgehead atoms. The molecule has 2 aromatic heterocycles. The minimum absolute atomic E-state index is 0.0314. The average Bonchev–Trinajstić information content (AvgIpc) is 3.21. The van der Waals surface area contributed by atoms with Gasteiger partial charge in [0, 0.05) is 18.0 Å². The van der Waals surface area contributed by atoms with Crippen molar-refractivity contribution in [3.63, 3.8) is 0 Å². The lowest BCUT2D eigenvalue weighted by atomic mass is 10.0. The van der Waals surface area contributed by atoms with Gasteiger partial charge in [-0.1, -0.05) is 36.4 Å².